The highest BCUT2D eigenvalue weighted by Crippen LogP contribution is 2.25. The summed E-state index contributed by atoms with van der Waals surface area (Å²) in [7, 11) is -4.56. The summed E-state index contributed by atoms with van der Waals surface area (Å²) in [5.74, 6) is -1.40. The van der Waals surface area contributed by atoms with Crippen LogP contribution in [0.3, 0.4) is 0 Å². The van der Waals surface area contributed by atoms with E-state index in [1.165, 1.54) is 0 Å². The molecular formula is C22H23Br4N13O5S. The number of hydrogen-bond donors (Lipinski definition) is 9. The van der Waals surface area contributed by atoms with E-state index in [4.69, 9.17) is 11.5 Å². The van der Waals surface area contributed by atoms with Crippen molar-refractivity contribution in [3.8, 4) is 0 Å². The molecular weight excluding hydrogens is 878 g/mol. The zero-order valence-electron chi connectivity index (χ0n) is 22.5. The van der Waals surface area contributed by atoms with Crippen LogP contribution in [0.4, 0.5) is 5.95 Å². The fraction of sp³-hybridized carbons (Fsp3) is 0.227. The van der Waals surface area contributed by atoms with E-state index in [0.29, 0.717) is 29.8 Å². The summed E-state index contributed by atoms with van der Waals surface area (Å²) >= 11 is 12.9. The molecule has 1 aliphatic heterocycles. The molecule has 4 heterocycles. The van der Waals surface area contributed by atoms with Gasteiger partial charge in [0.2, 0.25) is 11.4 Å². The summed E-state index contributed by atoms with van der Waals surface area (Å²) in [5.41, 5.74) is 11.3. The third kappa shape index (κ3) is 8.66. The number of aromatic amines is 3. The Morgan fingerprint density at radius 2 is 1.53 bits per heavy atom. The van der Waals surface area contributed by atoms with Gasteiger partial charge in [-0.1, -0.05) is 12.2 Å². The Bertz CT molecular complexity index is 1810. The van der Waals surface area contributed by atoms with Crippen molar-refractivity contribution < 1.29 is 27.6 Å². The molecule has 4 rings (SSSR count). The van der Waals surface area contributed by atoms with Crippen LogP contribution in [0.25, 0.3) is 6.08 Å². The molecule has 0 radical (unpaired) electrons. The second-order valence-corrected chi connectivity index (χ2v) is 13.6. The monoisotopic (exact) mass is 897 g/mol. The van der Waals surface area contributed by atoms with Gasteiger partial charge in [-0.15, -0.1) is 0 Å². The highest BCUT2D eigenvalue weighted by molar-refractivity contribution is 9.13. The lowest BCUT2D eigenvalue weighted by molar-refractivity contribution is -0.519. The van der Waals surface area contributed by atoms with Crippen molar-refractivity contribution in [2.45, 2.75) is 5.54 Å². The van der Waals surface area contributed by atoms with E-state index in [0.717, 1.165) is 0 Å². The largest absolute Gasteiger partial charge is 0.748 e. The number of carbonyl (C=O) groups is 2. The lowest BCUT2D eigenvalue weighted by Gasteiger charge is -2.20. The Morgan fingerprint density at radius 3 is 2.07 bits per heavy atom. The molecule has 2 amide bonds. The normalized spacial score (nSPS) is 17.7. The molecule has 18 nitrogen and oxygen atoms in total. The summed E-state index contributed by atoms with van der Waals surface area (Å²) in [5, 5.41) is 8.21. The molecule has 0 spiro atoms. The summed E-state index contributed by atoms with van der Waals surface area (Å²) in [6.07, 6.45) is 6.37. The van der Waals surface area contributed by atoms with Crippen molar-refractivity contribution in [2.75, 3.05) is 31.1 Å². The lowest BCUT2D eigenvalue weighted by Crippen LogP contribution is -2.84. The SMILES string of the molecule is NC1=[NH+]C(/C=C/CNC(=O)c2nc(Br)c(Br)[nH]2)(c2[nH]c(N)nc2/C=C/CNC(=O)c2nc(Br)c(Br)[nH]2)C(=NCCS(=O)(=O)[O-])N1. The number of nitrogens with two attached hydrogens (primary N) is 2. The standard InChI is InChI=1S/C22H23Br4N13O5S/c23-11-12(24)35-15(34-11)17(40)29-5-1-3-9-10(33-20(27)32-9)22(19(38-21(28)39-22)31-7-8-45(42,43)44)4-2-6-30-18(41)16-36-13(25)14(26)37-16/h1-4H,5-8H2,(H,29,40)(H,30,41)(H,34,35)(H,36,37)(H3,27,32,33)(H,42,43,44)(H3,28,31,38,39)/b3-1+,4-2+. The van der Waals surface area contributed by atoms with Gasteiger partial charge in [0.05, 0.1) is 33.8 Å². The second-order valence-electron chi connectivity index (χ2n) is 8.95. The summed E-state index contributed by atoms with van der Waals surface area (Å²) in [6, 6.07) is 0. The van der Waals surface area contributed by atoms with E-state index in [9.17, 15) is 22.6 Å². The molecule has 1 unspecified atom stereocenters. The number of aliphatic imine (C=N–C) groups is 1. The maximum absolute atomic E-state index is 12.5. The van der Waals surface area contributed by atoms with Gasteiger partial charge in [-0.05, 0) is 75.9 Å². The van der Waals surface area contributed by atoms with Crippen LogP contribution in [0.15, 0.2) is 41.6 Å². The number of H-pyrrole nitrogens is 3. The maximum atomic E-state index is 12.5. The van der Waals surface area contributed by atoms with Gasteiger partial charge >= 0.3 is 5.96 Å². The molecule has 0 fully saturated rings. The third-order valence-corrected chi connectivity index (χ3v) is 9.83. The fourth-order valence-electron chi connectivity index (χ4n) is 3.93. The number of nitrogens with one attached hydrogen (secondary N) is 7. The molecule has 3 aromatic heterocycles. The Balaban J connectivity index is 1.61. The molecule has 3 aromatic rings. The Kier molecular flexibility index (Phi) is 11.0. The minimum atomic E-state index is -4.56. The number of amides is 2. The second kappa shape index (κ2) is 14.4. The van der Waals surface area contributed by atoms with E-state index >= 15 is 0 Å². The number of amidine groups is 1. The number of rotatable bonds is 12. The highest BCUT2D eigenvalue weighted by Gasteiger charge is 2.47. The number of aromatic nitrogens is 6. The number of anilines is 1. The van der Waals surface area contributed by atoms with E-state index in [1.54, 1.807) is 24.3 Å². The van der Waals surface area contributed by atoms with Crippen LogP contribution in [0, 0.1) is 0 Å². The number of guanidine groups is 1. The summed E-state index contributed by atoms with van der Waals surface area (Å²) < 4.78 is 35.6. The topological polar surface area (TPSA) is 292 Å². The minimum absolute atomic E-state index is 0.0140. The molecule has 1 atom stereocenters. The van der Waals surface area contributed by atoms with Gasteiger partial charge in [0.1, 0.15) is 18.4 Å². The van der Waals surface area contributed by atoms with Crippen LogP contribution >= 0.6 is 63.7 Å². The van der Waals surface area contributed by atoms with Crippen molar-refractivity contribution in [1.82, 2.24) is 45.9 Å². The Hall–Kier alpha value is -3.38. The van der Waals surface area contributed by atoms with Crippen LogP contribution in [0.5, 0.6) is 0 Å². The molecule has 23 heteroatoms. The van der Waals surface area contributed by atoms with E-state index in [2.05, 4.69) is 120 Å². The number of imidazole rings is 3. The van der Waals surface area contributed by atoms with Crippen LogP contribution in [0.1, 0.15) is 32.6 Å². The number of halogens is 4. The first-order chi connectivity index (χ1) is 21.2. The van der Waals surface area contributed by atoms with Gasteiger partial charge < -0.3 is 35.9 Å². The maximum Gasteiger partial charge on any atom is 0.348 e. The smallest absolute Gasteiger partial charge is 0.348 e. The van der Waals surface area contributed by atoms with Crippen molar-refractivity contribution in [1.29, 1.82) is 0 Å². The fourth-order valence-corrected chi connectivity index (χ4v) is 5.35. The van der Waals surface area contributed by atoms with Gasteiger partial charge in [-0.2, -0.15) is 0 Å². The lowest BCUT2D eigenvalue weighted by atomic mass is 9.92. The van der Waals surface area contributed by atoms with Crippen molar-refractivity contribution >= 4 is 109 Å². The van der Waals surface area contributed by atoms with E-state index in [1.807, 2.05) is 0 Å². The van der Waals surface area contributed by atoms with Gasteiger partial charge in [0, 0.05) is 13.1 Å². The van der Waals surface area contributed by atoms with Gasteiger partial charge in [0.25, 0.3) is 11.8 Å². The molecule has 0 saturated heterocycles. The van der Waals surface area contributed by atoms with Crippen molar-refractivity contribution in [3.05, 3.63) is 59.7 Å². The molecule has 0 bridgehead atoms. The molecule has 0 aliphatic carbocycles. The first kappa shape index (κ1) is 34.5. The van der Waals surface area contributed by atoms with Gasteiger partial charge in [0.15, 0.2) is 17.6 Å². The van der Waals surface area contributed by atoms with Gasteiger partial charge in [-0.3, -0.25) is 25.3 Å². The number of hydrogen-bond acceptors (Lipinski definition) is 11. The summed E-state index contributed by atoms with van der Waals surface area (Å²) in [4.78, 5) is 53.2. The first-order valence-electron chi connectivity index (χ1n) is 12.4. The Labute approximate surface area is 288 Å². The minimum Gasteiger partial charge on any atom is -0.748 e. The predicted octanol–water partition coefficient (Wildman–Crippen LogP) is -0.945. The first-order valence-corrected chi connectivity index (χ1v) is 17.2. The molecule has 11 N–H and O–H groups in total. The van der Waals surface area contributed by atoms with E-state index < -0.39 is 33.2 Å². The average molecular weight is 901 g/mol. The third-order valence-electron chi connectivity index (χ3n) is 5.79. The highest BCUT2D eigenvalue weighted by atomic mass is 79.9. The van der Waals surface area contributed by atoms with E-state index in [-0.39, 0.29) is 49.0 Å². The van der Waals surface area contributed by atoms with Crippen LogP contribution in [-0.4, -0.2) is 91.9 Å². The number of nitrogen functional groups attached to an aromatic ring is 1. The van der Waals surface area contributed by atoms with Crippen molar-refractivity contribution in [2.24, 2.45) is 10.7 Å². The van der Waals surface area contributed by atoms with Crippen molar-refractivity contribution in [3.63, 3.8) is 0 Å². The molecule has 1 aliphatic rings. The number of carbonyl (C=O) groups excluding carboxylic acids is 2. The Morgan fingerprint density at radius 1 is 0.956 bits per heavy atom. The average Bonchev–Trinajstić information content (AvgIpc) is 3.69. The van der Waals surface area contributed by atoms with Gasteiger partial charge in [-0.25, -0.2) is 28.7 Å². The van der Waals surface area contributed by atoms with Crippen LogP contribution in [0.2, 0.25) is 0 Å². The molecule has 0 saturated carbocycles. The predicted molar refractivity (Wildman–Crippen MR) is 176 cm³/mol. The zero-order valence-corrected chi connectivity index (χ0v) is 29.7. The van der Waals surface area contributed by atoms with Crippen LogP contribution in [-0.2, 0) is 15.7 Å². The number of nitrogens with zero attached hydrogens (tertiary/aromatic N) is 4. The quantitative estimate of drug-likeness (QED) is 0.0790. The molecule has 240 valence electrons. The summed E-state index contributed by atoms with van der Waals surface area (Å²) in [6.45, 7) is -0.283. The van der Waals surface area contributed by atoms with Crippen LogP contribution < -0.4 is 32.4 Å². The zero-order chi connectivity index (χ0) is 32.9. The molecule has 0 aromatic carbocycles. The molecule has 45 heavy (non-hydrogen) atoms.